The SMILES string of the molecule is CC(C)(C)OC(=O)NCCC#Cc1ccc2c(c1)COC2=O. The van der Waals surface area contributed by atoms with E-state index in [1.807, 2.05) is 26.8 Å². The van der Waals surface area contributed by atoms with E-state index in [2.05, 4.69) is 17.2 Å². The van der Waals surface area contributed by atoms with Crippen LogP contribution in [0.5, 0.6) is 0 Å². The molecule has 0 unspecified atom stereocenters. The summed E-state index contributed by atoms with van der Waals surface area (Å²) in [6.07, 6.45) is 0.0775. The van der Waals surface area contributed by atoms with Crippen LogP contribution in [0, 0.1) is 11.8 Å². The summed E-state index contributed by atoms with van der Waals surface area (Å²) < 4.78 is 10.1. The molecule has 2 rings (SSSR count). The first-order valence-electron chi connectivity index (χ1n) is 7.11. The van der Waals surface area contributed by atoms with Gasteiger partial charge in [0.2, 0.25) is 0 Å². The lowest BCUT2D eigenvalue weighted by atomic mass is 10.1. The van der Waals surface area contributed by atoms with Gasteiger partial charge in [0.1, 0.15) is 12.2 Å². The van der Waals surface area contributed by atoms with Crippen molar-refractivity contribution < 1.29 is 19.1 Å². The van der Waals surface area contributed by atoms with Gasteiger partial charge in [-0.05, 0) is 39.0 Å². The number of amides is 1. The van der Waals surface area contributed by atoms with E-state index in [9.17, 15) is 9.59 Å². The maximum absolute atomic E-state index is 11.4. The largest absolute Gasteiger partial charge is 0.457 e. The zero-order valence-corrected chi connectivity index (χ0v) is 13.0. The molecule has 1 aromatic carbocycles. The van der Waals surface area contributed by atoms with Crippen LogP contribution in [-0.4, -0.2) is 24.2 Å². The molecule has 1 heterocycles. The van der Waals surface area contributed by atoms with E-state index in [4.69, 9.17) is 9.47 Å². The highest BCUT2D eigenvalue weighted by Crippen LogP contribution is 2.20. The predicted molar refractivity (Wildman–Crippen MR) is 81.3 cm³/mol. The zero-order valence-electron chi connectivity index (χ0n) is 13.0. The first kappa shape index (κ1) is 15.9. The Kier molecular flexibility index (Phi) is 4.71. The van der Waals surface area contributed by atoms with Crippen molar-refractivity contribution in [1.29, 1.82) is 0 Å². The Morgan fingerprint density at radius 1 is 1.41 bits per heavy atom. The van der Waals surface area contributed by atoms with Crippen molar-refractivity contribution in [2.75, 3.05) is 6.54 Å². The van der Waals surface area contributed by atoms with Crippen molar-refractivity contribution >= 4 is 12.1 Å². The van der Waals surface area contributed by atoms with Gasteiger partial charge in [0.25, 0.3) is 0 Å². The van der Waals surface area contributed by atoms with Gasteiger partial charge in [-0.25, -0.2) is 9.59 Å². The van der Waals surface area contributed by atoms with Crippen molar-refractivity contribution in [3.05, 3.63) is 34.9 Å². The number of fused-ring (bicyclic) bond motifs is 1. The third-order valence-corrected chi connectivity index (χ3v) is 2.83. The van der Waals surface area contributed by atoms with Gasteiger partial charge in [0.05, 0.1) is 5.56 Å². The molecule has 0 aliphatic carbocycles. The number of cyclic esters (lactones) is 1. The van der Waals surface area contributed by atoms with Crippen molar-refractivity contribution in [2.24, 2.45) is 0 Å². The summed E-state index contributed by atoms with van der Waals surface area (Å²) in [5.41, 5.74) is 1.80. The number of nitrogens with one attached hydrogen (secondary N) is 1. The van der Waals surface area contributed by atoms with Crippen LogP contribution in [-0.2, 0) is 16.1 Å². The molecule has 0 spiro atoms. The Morgan fingerprint density at radius 2 is 2.18 bits per heavy atom. The molecule has 1 N–H and O–H groups in total. The summed E-state index contributed by atoms with van der Waals surface area (Å²) in [5, 5.41) is 2.64. The summed E-state index contributed by atoms with van der Waals surface area (Å²) in [4.78, 5) is 22.8. The molecule has 0 aromatic heterocycles. The highest BCUT2D eigenvalue weighted by atomic mass is 16.6. The van der Waals surface area contributed by atoms with Crippen molar-refractivity contribution in [1.82, 2.24) is 5.32 Å². The fourth-order valence-corrected chi connectivity index (χ4v) is 1.92. The average Bonchev–Trinajstić information content (AvgIpc) is 2.77. The summed E-state index contributed by atoms with van der Waals surface area (Å²) in [5.74, 6) is 5.70. The second-order valence-electron chi connectivity index (χ2n) is 5.93. The third-order valence-electron chi connectivity index (χ3n) is 2.83. The highest BCUT2D eigenvalue weighted by molar-refractivity contribution is 5.93. The highest BCUT2D eigenvalue weighted by Gasteiger charge is 2.20. The molecule has 0 saturated heterocycles. The molecular weight excluding hydrogens is 282 g/mol. The van der Waals surface area contributed by atoms with E-state index in [1.54, 1.807) is 12.1 Å². The number of carbonyl (C=O) groups excluding carboxylic acids is 2. The van der Waals surface area contributed by atoms with Crippen LogP contribution in [0.4, 0.5) is 4.79 Å². The second kappa shape index (κ2) is 6.52. The Hall–Kier alpha value is -2.48. The number of ether oxygens (including phenoxy) is 2. The normalized spacial score (nSPS) is 12.8. The standard InChI is InChI=1S/C17H19NO4/c1-17(2,3)22-16(20)18-9-5-4-6-12-7-8-14-13(10-12)11-21-15(14)19/h7-8,10H,5,9,11H2,1-3H3,(H,18,20). The Morgan fingerprint density at radius 3 is 2.91 bits per heavy atom. The van der Waals surface area contributed by atoms with E-state index in [1.165, 1.54) is 0 Å². The number of esters is 1. The number of alkyl carbamates (subject to hydrolysis) is 1. The van der Waals surface area contributed by atoms with Gasteiger partial charge in [-0.1, -0.05) is 11.8 Å². The number of hydrogen-bond acceptors (Lipinski definition) is 4. The molecule has 1 amide bonds. The predicted octanol–water partition coefficient (Wildman–Crippen LogP) is 2.62. The van der Waals surface area contributed by atoms with Crippen molar-refractivity contribution in [3.63, 3.8) is 0 Å². The van der Waals surface area contributed by atoms with E-state index >= 15 is 0 Å². The van der Waals surface area contributed by atoms with E-state index in [0.29, 0.717) is 25.1 Å². The fourth-order valence-electron chi connectivity index (χ4n) is 1.92. The summed E-state index contributed by atoms with van der Waals surface area (Å²) in [6.45, 7) is 6.18. The van der Waals surface area contributed by atoms with Gasteiger partial charge in [-0.2, -0.15) is 0 Å². The minimum Gasteiger partial charge on any atom is -0.457 e. The maximum atomic E-state index is 11.4. The topological polar surface area (TPSA) is 64.6 Å². The molecule has 22 heavy (non-hydrogen) atoms. The van der Waals surface area contributed by atoms with E-state index in [-0.39, 0.29) is 5.97 Å². The minimum atomic E-state index is -0.500. The first-order chi connectivity index (χ1) is 10.3. The molecule has 1 aliphatic heterocycles. The molecule has 5 nitrogen and oxygen atoms in total. The van der Waals surface area contributed by atoms with Crippen LogP contribution < -0.4 is 5.32 Å². The van der Waals surface area contributed by atoms with Crippen LogP contribution in [0.2, 0.25) is 0 Å². The minimum absolute atomic E-state index is 0.281. The lowest BCUT2D eigenvalue weighted by Gasteiger charge is -2.19. The van der Waals surface area contributed by atoms with Crippen LogP contribution in [0.3, 0.4) is 0 Å². The Bertz CT molecular complexity index is 647. The van der Waals surface area contributed by atoms with Gasteiger partial charge in [-0.15, -0.1) is 0 Å². The molecule has 0 saturated carbocycles. The molecular formula is C17H19NO4. The van der Waals surface area contributed by atoms with Gasteiger partial charge in [0.15, 0.2) is 0 Å². The fraction of sp³-hybridized carbons (Fsp3) is 0.412. The average molecular weight is 301 g/mol. The molecule has 116 valence electrons. The Labute approximate surface area is 130 Å². The molecule has 5 heteroatoms. The van der Waals surface area contributed by atoms with Crippen LogP contribution in [0.15, 0.2) is 18.2 Å². The zero-order chi connectivity index (χ0) is 16.2. The van der Waals surface area contributed by atoms with Gasteiger partial charge >= 0.3 is 12.1 Å². The number of rotatable bonds is 2. The lowest BCUT2D eigenvalue weighted by molar-refractivity contribution is 0.0521. The summed E-state index contributed by atoms with van der Waals surface area (Å²) in [6, 6.07) is 5.38. The molecule has 0 radical (unpaired) electrons. The van der Waals surface area contributed by atoms with Crippen LogP contribution >= 0.6 is 0 Å². The molecule has 0 atom stereocenters. The second-order valence-corrected chi connectivity index (χ2v) is 5.93. The quantitative estimate of drug-likeness (QED) is 0.518. The van der Waals surface area contributed by atoms with Crippen LogP contribution in [0.25, 0.3) is 0 Å². The maximum Gasteiger partial charge on any atom is 0.407 e. The van der Waals surface area contributed by atoms with E-state index < -0.39 is 11.7 Å². The molecule has 0 bridgehead atoms. The van der Waals surface area contributed by atoms with Crippen molar-refractivity contribution in [3.8, 4) is 11.8 Å². The molecule has 1 aliphatic rings. The third kappa shape index (κ3) is 4.52. The van der Waals surface area contributed by atoms with Crippen molar-refractivity contribution in [2.45, 2.75) is 39.4 Å². The molecule has 0 fully saturated rings. The van der Waals surface area contributed by atoms with Gasteiger partial charge in [-0.3, -0.25) is 0 Å². The summed E-state index contributed by atoms with van der Waals surface area (Å²) in [7, 11) is 0. The molecule has 1 aromatic rings. The van der Waals surface area contributed by atoms with E-state index in [0.717, 1.165) is 11.1 Å². The lowest BCUT2D eigenvalue weighted by Crippen LogP contribution is -2.32. The van der Waals surface area contributed by atoms with Gasteiger partial charge in [0, 0.05) is 24.1 Å². The Balaban J connectivity index is 1.80. The first-order valence-corrected chi connectivity index (χ1v) is 7.11. The monoisotopic (exact) mass is 301 g/mol. The van der Waals surface area contributed by atoms with Gasteiger partial charge < -0.3 is 14.8 Å². The number of benzene rings is 1. The number of hydrogen-bond donors (Lipinski definition) is 1. The van der Waals surface area contributed by atoms with Crippen LogP contribution in [0.1, 0.15) is 48.7 Å². The summed E-state index contributed by atoms with van der Waals surface area (Å²) >= 11 is 0. The smallest absolute Gasteiger partial charge is 0.407 e. The number of carbonyl (C=O) groups is 2.